The van der Waals surface area contributed by atoms with Gasteiger partial charge in [-0.25, -0.2) is 0 Å². The minimum atomic E-state index is 0.126. The van der Waals surface area contributed by atoms with Crippen molar-refractivity contribution in [3.8, 4) is 0 Å². The molecule has 0 spiro atoms. The van der Waals surface area contributed by atoms with Crippen LogP contribution in [0.1, 0.15) is 38.4 Å². The van der Waals surface area contributed by atoms with Crippen LogP contribution in [0.2, 0.25) is 0 Å². The molecule has 2 N–H and O–H groups in total. The number of aromatic amines is 1. The predicted octanol–water partition coefficient (Wildman–Crippen LogP) is 1.52. The molecule has 0 aliphatic carbocycles. The summed E-state index contributed by atoms with van der Waals surface area (Å²) in [7, 11) is 0. The molecule has 0 unspecified atom stereocenters. The number of hydrogen-bond donors (Lipinski definition) is 2. The zero-order valence-electron chi connectivity index (χ0n) is 13.0. The van der Waals surface area contributed by atoms with Crippen molar-refractivity contribution in [3.63, 3.8) is 0 Å². The van der Waals surface area contributed by atoms with E-state index in [9.17, 15) is 0 Å². The lowest BCUT2D eigenvalue weighted by molar-refractivity contribution is 0.0374. The molecule has 0 aromatic carbocycles. The Balaban J connectivity index is 1.65. The molecular formula is C15H28N4O. The third-order valence-corrected chi connectivity index (χ3v) is 3.71. The number of aromatic nitrogens is 2. The van der Waals surface area contributed by atoms with Crippen LogP contribution in [-0.2, 0) is 16.7 Å². The molecule has 1 aromatic heterocycles. The van der Waals surface area contributed by atoms with Gasteiger partial charge in [0.05, 0.1) is 19.4 Å². The zero-order chi connectivity index (χ0) is 14.4. The van der Waals surface area contributed by atoms with Crippen LogP contribution in [0.15, 0.2) is 6.20 Å². The van der Waals surface area contributed by atoms with E-state index in [0.717, 1.165) is 45.9 Å². The summed E-state index contributed by atoms with van der Waals surface area (Å²) in [4.78, 5) is 2.48. The first kappa shape index (κ1) is 15.5. The third-order valence-electron chi connectivity index (χ3n) is 3.71. The molecule has 1 fully saturated rings. The summed E-state index contributed by atoms with van der Waals surface area (Å²) in [5.74, 6) is 0. The second kappa shape index (κ2) is 7.20. The smallest absolute Gasteiger partial charge is 0.0594 e. The van der Waals surface area contributed by atoms with Gasteiger partial charge in [-0.1, -0.05) is 20.8 Å². The molecule has 20 heavy (non-hydrogen) atoms. The van der Waals surface area contributed by atoms with E-state index < -0.39 is 0 Å². The minimum Gasteiger partial charge on any atom is -0.379 e. The van der Waals surface area contributed by atoms with Crippen molar-refractivity contribution < 1.29 is 4.74 Å². The number of nitrogens with one attached hydrogen (secondary N) is 2. The number of H-pyrrole nitrogens is 1. The summed E-state index contributed by atoms with van der Waals surface area (Å²) in [6, 6.07) is 0. The van der Waals surface area contributed by atoms with Gasteiger partial charge in [-0.05, 0) is 19.5 Å². The highest BCUT2D eigenvalue weighted by Crippen LogP contribution is 2.23. The molecule has 1 aliphatic heterocycles. The molecule has 0 saturated carbocycles. The standard InChI is InChI=1S/C15H28N4O/c1-15(2,3)14-13(12-17-18-14)11-16-5-4-6-19-7-9-20-10-8-19/h12,16H,4-11H2,1-3H3,(H,17,18). The van der Waals surface area contributed by atoms with Crippen molar-refractivity contribution in [3.05, 3.63) is 17.5 Å². The summed E-state index contributed by atoms with van der Waals surface area (Å²) in [6.45, 7) is 13.7. The first-order valence-electron chi connectivity index (χ1n) is 7.61. The fraction of sp³-hybridized carbons (Fsp3) is 0.800. The van der Waals surface area contributed by atoms with Crippen LogP contribution in [0.5, 0.6) is 0 Å². The van der Waals surface area contributed by atoms with Gasteiger partial charge >= 0.3 is 0 Å². The van der Waals surface area contributed by atoms with Crippen molar-refractivity contribution in [2.45, 2.75) is 39.2 Å². The van der Waals surface area contributed by atoms with Crippen molar-refractivity contribution in [1.29, 1.82) is 0 Å². The van der Waals surface area contributed by atoms with Gasteiger partial charge in [0, 0.05) is 36.3 Å². The lowest BCUT2D eigenvalue weighted by Crippen LogP contribution is -2.37. The SMILES string of the molecule is CC(C)(C)c1[nH]ncc1CNCCCN1CCOCC1. The summed E-state index contributed by atoms with van der Waals surface area (Å²) in [5.41, 5.74) is 2.64. The number of nitrogens with zero attached hydrogens (tertiary/aromatic N) is 2. The average molecular weight is 280 g/mol. The highest BCUT2D eigenvalue weighted by molar-refractivity contribution is 5.23. The Hall–Kier alpha value is -0.910. The lowest BCUT2D eigenvalue weighted by Gasteiger charge is -2.26. The van der Waals surface area contributed by atoms with Gasteiger partial charge in [-0.3, -0.25) is 10.00 Å². The minimum absolute atomic E-state index is 0.126. The topological polar surface area (TPSA) is 53.2 Å². The maximum Gasteiger partial charge on any atom is 0.0594 e. The number of morpholine rings is 1. The second-order valence-corrected chi connectivity index (χ2v) is 6.50. The van der Waals surface area contributed by atoms with Crippen molar-refractivity contribution in [1.82, 2.24) is 20.4 Å². The molecule has 5 nitrogen and oxygen atoms in total. The first-order chi connectivity index (χ1) is 9.57. The second-order valence-electron chi connectivity index (χ2n) is 6.50. The number of rotatable bonds is 6. The molecule has 2 heterocycles. The maximum atomic E-state index is 5.35. The van der Waals surface area contributed by atoms with Crippen molar-refractivity contribution in [2.24, 2.45) is 0 Å². The Bertz CT molecular complexity index is 391. The van der Waals surface area contributed by atoms with E-state index in [4.69, 9.17) is 4.74 Å². The van der Waals surface area contributed by atoms with E-state index in [0.29, 0.717) is 0 Å². The van der Waals surface area contributed by atoms with E-state index in [2.05, 4.69) is 41.2 Å². The Kier molecular flexibility index (Phi) is 5.57. The van der Waals surface area contributed by atoms with Gasteiger partial charge < -0.3 is 10.1 Å². The van der Waals surface area contributed by atoms with Crippen LogP contribution < -0.4 is 5.32 Å². The predicted molar refractivity (Wildman–Crippen MR) is 80.9 cm³/mol. The molecule has 0 bridgehead atoms. The monoisotopic (exact) mass is 280 g/mol. The summed E-state index contributed by atoms with van der Waals surface area (Å²) < 4.78 is 5.35. The maximum absolute atomic E-state index is 5.35. The number of ether oxygens (including phenoxy) is 1. The van der Waals surface area contributed by atoms with E-state index in [-0.39, 0.29) is 5.41 Å². The van der Waals surface area contributed by atoms with Crippen molar-refractivity contribution in [2.75, 3.05) is 39.4 Å². The third kappa shape index (κ3) is 4.58. The molecule has 0 atom stereocenters. The van der Waals surface area contributed by atoms with Crippen molar-refractivity contribution >= 4 is 0 Å². The highest BCUT2D eigenvalue weighted by atomic mass is 16.5. The average Bonchev–Trinajstić information content (AvgIpc) is 2.88. The Morgan fingerprint density at radius 2 is 2.10 bits per heavy atom. The molecule has 0 amide bonds. The van der Waals surface area contributed by atoms with E-state index >= 15 is 0 Å². The van der Waals surface area contributed by atoms with Gasteiger partial charge in [-0.15, -0.1) is 0 Å². The molecule has 5 heteroatoms. The lowest BCUT2D eigenvalue weighted by atomic mass is 9.89. The van der Waals surface area contributed by atoms with Gasteiger partial charge in [0.2, 0.25) is 0 Å². The molecule has 1 aromatic rings. The van der Waals surface area contributed by atoms with Gasteiger partial charge in [-0.2, -0.15) is 5.10 Å². The van der Waals surface area contributed by atoms with Gasteiger partial charge in [0.1, 0.15) is 0 Å². The Labute approximate surface area is 122 Å². The molecular weight excluding hydrogens is 252 g/mol. The highest BCUT2D eigenvalue weighted by Gasteiger charge is 2.19. The fourth-order valence-corrected chi connectivity index (χ4v) is 2.57. The normalized spacial score (nSPS) is 17.6. The Morgan fingerprint density at radius 3 is 2.80 bits per heavy atom. The molecule has 2 rings (SSSR count). The van der Waals surface area contributed by atoms with Gasteiger partial charge in [0.15, 0.2) is 0 Å². The fourth-order valence-electron chi connectivity index (χ4n) is 2.57. The van der Waals surface area contributed by atoms with Crippen LogP contribution in [0.4, 0.5) is 0 Å². The van der Waals surface area contributed by atoms with Crippen LogP contribution in [-0.4, -0.2) is 54.5 Å². The van der Waals surface area contributed by atoms with Crippen LogP contribution in [0, 0.1) is 0 Å². The van der Waals surface area contributed by atoms with Crippen LogP contribution in [0.25, 0.3) is 0 Å². The molecule has 0 radical (unpaired) electrons. The van der Waals surface area contributed by atoms with E-state index in [1.165, 1.54) is 17.7 Å². The summed E-state index contributed by atoms with van der Waals surface area (Å²) in [6.07, 6.45) is 3.12. The van der Waals surface area contributed by atoms with E-state index in [1.54, 1.807) is 0 Å². The van der Waals surface area contributed by atoms with Crippen LogP contribution >= 0.6 is 0 Å². The summed E-state index contributed by atoms with van der Waals surface area (Å²) >= 11 is 0. The summed E-state index contributed by atoms with van der Waals surface area (Å²) in [5, 5.41) is 10.8. The largest absolute Gasteiger partial charge is 0.379 e. The quantitative estimate of drug-likeness (QED) is 0.776. The number of hydrogen-bond acceptors (Lipinski definition) is 4. The first-order valence-corrected chi connectivity index (χ1v) is 7.61. The molecule has 114 valence electrons. The molecule has 1 aliphatic rings. The zero-order valence-corrected chi connectivity index (χ0v) is 13.0. The Morgan fingerprint density at radius 1 is 1.35 bits per heavy atom. The van der Waals surface area contributed by atoms with E-state index in [1.807, 2.05) is 6.20 Å². The van der Waals surface area contributed by atoms with Gasteiger partial charge in [0.25, 0.3) is 0 Å². The molecule has 1 saturated heterocycles. The van der Waals surface area contributed by atoms with Crippen LogP contribution in [0.3, 0.4) is 0 Å².